The lowest BCUT2D eigenvalue weighted by Gasteiger charge is -2.11. The predicted molar refractivity (Wildman–Crippen MR) is 141 cm³/mol. The number of carbonyl (C=O) groups is 2. The van der Waals surface area contributed by atoms with Crippen molar-refractivity contribution in [3.05, 3.63) is 105 Å². The summed E-state index contributed by atoms with van der Waals surface area (Å²) in [6.45, 7) is 0.0132. The van der Waals surface area contributed by atoms with Gasteiger partial charge in [-0.1, -0.05) is 52.3 Å². The topological polar surface area (TPSA) is 79.8 Å². The van der Waals surface area contributed by atoms with E-state index in [0.29, 0.717) is 14.5 Å². The van der Waals surface area contributed by atoms with E-state index in [1.807, 2.05) is 42.5 Å². The molecule has 0 aliphatic carbocycles. The number of hydrogen-bond acceptors (Lipinski definition) is 5. The molecule has 0 saturated heterocycles. The molecule has 0 unspecified atom stereocenters. The smallest absolute Gasteiger partial charge is 0.343 e. The van der Waals surface area contributed by atoms with Crippen LogP contribution in [-0.2, 0) is 4.79 Å². The van der Waals surface area contributed by atoms with Crippen molar-refractivity contribution in [1.29, 1.82) is 0 Å². The molecule has 0 saturated carbocycles. The summed E-state index contributed by atoms with van der Waals surface area (Å²) in [6.07, 6.45) is 1.36. The number of nitrogens with zero attached hydrogens (tertiary/aromatic N) is 1. The fourth-order valence-electron chi connectivity index (χ4n) is 3.25. The first-order valence-electron chi connectivity index (χ1n) is 10.4. The van der Waals surface area contributed by atoms with E-state index in [1.54, 1.807) is 12.1 Å². The van der Waals surface area contributed by atoms with E-state index in [-0.39, 0.29) is 23.8 Å². The fraction of sp³-hybridized carbons (Fsp3) is 0.0385. The zero-order chi connectivity index (χ0) is 24.8. The van der Waals surface area contributed by atoms with Gasteiger partial charge in [-0.3, -0.25) is 4.79 Å². The molecule has 0 aliphatic heterocycles. The maximum Gasteiger partial charge on any atom is 0.343 e. The summed E-state index contributed by atoms with van der Waals surface area (Å²) in [5.41, 5.74) is 3.74. The van der Waals surface area contributed by atoms with Gasteiger partial charge in [-0.2, -0.15) is 5.10 Å². The van der Waals surface area contributed by atoms with Crippen LogP contribution in [0.25, 0.3) is 10.8 Å². The molecule has 4 rings (SSSR count). The molecule has 0 heterocycles. The largest absolute Gasteiger partial charge is 0.421 e. The van der Waals surface area contributed by atoms with Crippen LogP contribution in [0.2, 0.25) is 0 Å². The third-order valence-corrected chi connectivity index (χ3v) is 5.93. The minimum Gasteiger partial charge on any atom is -0.421 e. The minimum absolute atomic E-state index is 0.0132. The van der Waals surface area contributed by atoms with Gasteiger partial charge in [0.2, 0.25) is 0 Å². The molecule has 2 N–H and O–H groups in total. The first-order valence-corrected chi connectivity index (χ1v) is 12.0. The lowest BCUT2D eigenvalue weighted by Crippen LogP contribution is -2.25. The van der Waals surface area contributed by atoms with Gasteiger partial charge in [0.15, 0.2) is 5.75 Å². The molecule has 0 fully saturated rings. The second kappa shape index (κ2) is 11.2. The molecule has 0 bridgehead atoms. The number of nitrogens with one attached hydrogen (secondary N) is 2. The number of halogens is 3. The number of anilines is 1. The lowest BCUT2D eigenvalue weighted by molar-refractivity contribution is -0.119. The average molecular weight is 599 g/mol. The maximum atomic E-state index is 13.5. The van der Waals surface area contributed by atoms with Crippen molar-refractivity contribution in [1.82, 2.24) is 5.43 Å². The second-order valence-corrected chi connectivity index (χ2v) is 9.18. The fourth-order valence-corrected chi connectivity index (χ4v) is 4.59. The van der Waals surface area contributed by atoms with Crippen LogP contribution < -0.4 is 15.5 Å². The monoisotopic (exact) mass is 597 g/mol. The summed E-state index contributed by atoms with van der Waals surface area (Å²) in [5, 5.41) is 9.22. The molecule has 0 aromatic heterocycles. The summed E-state index contributed by atoms with van der Waals surface area (Å²) < 4.78 is 20.1. The van der Waals surface area contributed by atoms with Crippen molar-refractivity contribution in [3.63, 3.8) is 0 Å². The van der Waals surface area contributed by atoms with E-state index in [2.05, 4.69) is 47.7 Å². The number of hydrogen-bond donors (Lipinski definition) is 2. The molecule has 4 aromatic rings. The molecule has 0 spiro atoms. The van der Waals surface area contributed by atoms with E-state index in [1.165, 1.54) is 24.4 Å². The molecule has 0 aliphatic rings. The quantitative estimate of drug-likeness (QED) is 0.113. The number of hydrazone groups is 1. The van der Waals surface area contributed by atoms with Crippen molar-refractivity contribution in [2.24, 2.45) is 5.10 Å². The Bertz CT molecular complexity index is 1440. The van der Waals surface area contributed by atoms with E-state index in [0.717, 1.165) is 22.5 Å². The van der Waals surface area contributed by atoms with Gasteiger partial charge in [0.05, 0.1) is 22.8 Å². The van der Waals surface area contributed by atoms with Crippen LogP contribution in [0.5, 0.6) is 5.75 Å². The van der Waals surface area contributed by atoms with Gasteiger partial charge in [0, 0.05) is 15.7 Å². The van der Waals surface area contributed by atoms with E-state index >= 15 is 0 Å². The number of fused-ring (bicyclic) bond motifs is 1. The molecule has 176 valence electrons. The van der Waals surface area contributed by atoms with Crippen LogP contribution in [-0.4, -0.2) is 24.6 Å². The third kappa shape index (κ3) is 6.52. The van der Waals surface area contributed by atoms with Crippen LogP contribution in [0.15, 0.2) is 92.9 Å². The van der Waals surface area contributed by atoms with Gasteiger partial charge in [-0.15, -0.1) is 0 Å². The third-order valence-electron chi connectivity index (χ3n) is 4.89. The summed E-state index contributed by atoms with van der Waals surface area (Å²) >= 11 is 6.74. The van der Waals surface area contributed by atoms with Gasteiger partial charge in [0.1, 0.15) is 5.82 Å². The Morgan fingerprint density at radius 2 is 1.74 bits per heavy atom. The Hall–Kier alpha value is -3.56. The summed E-state index contributed by atoms with van der Waals surface area (Å²) in [4.78, 5) is 24.8. The van der Waals surface area contributed by atoms with Crippen LogP contribution in [0.3, 0.4) is 0 Å². The Morgan fingerprint density at radius 1 is 0.943 bits per heavy atom. The number of carbonyl (C=O) groups excluding carboxylic acids is 2. The molecule has 6 nitrogen and oxygen atoms in total. The normalized spacial score (nSPS) is 10.9. The minimum atomic E-state index is -0.731. The first kappa shape index (κ1) is 24.6. The van der Waals surface area contributed by atoms with Crippen LogP contribution in [0.4, 0.5) is 10.1 Å². The number of rotatable bonds is 7. The Balaban J connectivity index is 1.41. The van der Waals surface area contributed by atoms with Crippen LogP contribution >= 0.6 is 31.9 Å². The highest BCUT2D eigenvalue weighted by Crippen LogP contribution is 2.32. The molecular formula is C26H18Br2FN3O3. The van der Waals surface area contributed by atoms with Crippen molar-refractivity contribution in [3.8, 4) is 5.75 Å². The highest BCUT2D eigenvalue weighted by atomic mass is 79.9. The molecule has 1 amide bonds. The first-order chi connectivity index (χ1) is 16.9. The summed E-state index contributed by atoms with van der Waals surface area (Å²) in [6, 6.07) is 22.3. The number of amides is 1. The van der Waals surface area contributed by atoms with Gasteiger partial charge in [0.25, 0.3) is 5.91 Å². The summed E-state index contributed by atoms with van der Waals surface area (Å²) in [7, 11) is 0. The molecule has 35 heavy (non-hydrogen) atoms. The molecule has 0 radical (unpaired) electrons. The van der Waals surface area contributed by atoms with Crippen LogP contribution in [0.1, 0.15) is 15.9 Å². The van der Waals surface area contributed by atoms with Gasteiger partial charge in [-0.05, 0) is 69.2 Å². The Morgan fingerprint density at radius 3 is 2.54 bits per heavy atom. The predicted octanol–water partition coefficient (Wildman–Crippen LogP) is 6.29. The number of esters is 1. The number of benzene rings is 4. The standard InChI is InChI=1S/C26H18Br2FN3O3/c27-20-10-19(25(23(28)13-20)35-26(34)18-6-3-7-21(29)11-18)14-31-32-24(33)15-30-22-9-8-16-4-1-2-5-17(16)12-22/h1-14,30H,15H2,(H,32,33). The highest BCUT2D eigenvalue weighted by Gasteiger charge is 2.16. The molecule has 0 atom stereocenters. The van der Waals surface area contributed by atoms with Gasteiger partial charge in [-0.25, -0.2) is 14.6 Å². The van der Waals surface area contributed by atoms with Crippen molar-refractivity contribution in [2.45, 2.75) is 0 Å². The molecular weight excluding hydrogens is 581 g/mol. The van der Waals surface area contributed by atoms with Crippen molar-refractivity contribution >= 4 is 66.4 Å². The number of ether oxygens (including phenoxy) is 1. The van der Waals surface area contributed by atoms with Gasteiger partial charge >= 0.3 is 5.97 Å². The Labute approximate surface area is 217 Å². The van der Waals surface area contributed by atoms with E-state index < -0.39 is 11.8 Å². The zero-order valence-electron chi connectivity index (χ0n) is 18.1. The molecule has 9 heteroatoms. The van der Waals surface area contributed by atoms with E-state index in [4.69, 9.17) is 4.74 Å². The molecule has 4 aromatic carbocycles. The Kier molecular flexibility index (Phi) is 7.89. The van der Waals surface area contributed by atoms with Crippen molar-refractivity contribution in [2.75, 3.05) is 11.9 Å². The van der Waals surface area contributed by atoms with Crippen LogP contribution in [0, 0.1) is 5.82 Å². The van der Waals surface area contributed by atoms with Gasteiger partial charge < -0.3 is 10.1 Å². The zero-order valence-corrected chi connectivity index (χ0v) is 21.3. The highest BCUT2D eigenvalue weighted by molar-refractivity contribution is 9.11. The second-order valence-electron chi connectivity index (χ2n) is 7.41. The average Bonchev–Trinajstić information content (AvgIpc) is 2.84. The SMILES string of the molecule is O=C(CNc1ccc2ccccc2c1)NN=Cc1cc(Br)cc(Br)c1OC(=O)c1cccc(F)c1. The lowest BCUT2D eigenvalue weighted by atomic mass is 10.1. The maximum absolute atomic E-state index is 13.5. The summed E-state index contributed by atoms with van der Waals surface area (Å²) in [5.74, 6) is -1.46. The van der Waals surface area contributed by atoms with Crippen molar-refractivity contribution < 1.29 is 18.7 Å². The van der Waals surface area contributed by atoms with E-state index in [9.17, 15) is 14.0 Å².